The lowest BCUT2D eigenvalue weighted by Crippen LogP contribution is -2.42. The van der Waals surface area contributed by atoms with E-state index in [2.05, 4.69) is 5.32 Å². The Labute approximate surface area is 184 Å². The Morgan fingerprint density at radius 2 is 1.72 bits per heavy atom. The van der Waals surface area contributed by atoms with Gasteiger partial charge in [-0.3, -0.25) is 23.5 Å². The molecule has 0 spiro atoms. The predicted octanol–water partition coefficient (Wildman–Crippen LogP) is 1.73. The number of rotatable bonds is 9. The minimum absolute atomic E-state index is 0.178. The molecule has 0 bridgehead atoms. The summed E-state index contributed by atoms with van der Waals surface area (Å²) in [5, 5.41) is 2.73. The van der Waals surface area contributed by atoms with Crippen LogP contribution in [0, 0.1) is 0 Å². The maximum Gasteiger partial charge on any atom is 0.320 e. The molecular formula is C23H25N3O6. The Hall–Kier alpha value is -4.01. The highest BCUT2D eigenvalue weighted by molar-refractivity contribution is 5.75. The van der Waals surface area contributed by atoms with Crippen LogP contribution in [0.4, 0.5) is 0 Å². The average molecular weight is 439 g/mol. The molecule has 32 heavy (non-hydrogen) atoms. The molecule has 0 aliphatic heterocycles. The summed E-state index contributed by atoms with van der Waals surface area (Å²) in [4.78, 5) is 37.5. The number of amides is 1. The highest BCUT2D eigenvalue weighted by atomic mass is 16.5. The zero-order valence-corrected chi connectivity index (χ0v) is 18.2. The molecule has 0 aliphatic rings. The fourth-order valence-electron chi connectivity index (χ4n) is 3.20. The molecule has 2 aromatic carbocycles. The topological polar surface area (TPSA) is 101 Å². The van der Waals surface area contributed by atoms with Crippen LogP contribution in [0.25, 0.3) is 5.69 Å². The lowest BCUT2D eigenvalue weighted by atomic mass is 10.2. The highest BCUT2D eigenvalue weighted by Gasteiger charge is 2.13. The summed E-state index contributed by atoms with van der Waals surface area (Å²) in [5.74, 6) is 1.32. The normalized spacial score (nSPS) is 10.5. The van der Waals surface area contributed by atoms with Gasteiger partial charge in [-0.15, -0.1) is 0 Å². The van der Waals surface area contributed by atoms with Crippen molar-refractivity contribution in [1.29, 1.82) is 0 Å². The summed E-state index contributed by atoms with van der Waals surface area (Å²) in [6.07, 6.45) is 2.86. The molecule has 3 aromatic rings. The van der Waals surface area contributed by atoms with Crippen molar-refractivity contribution in [2.75, 3.05) is 20.8 Å². The van der Waals surface area contributed by atoms with Gasteiger partial charge in [0, 0.05) is 30.2 Å². The van der Waals surface area contributed by atoms with Crippen LogP contribution in [0.2, 0.25) is 0 Å². The van der Waals surface area contributed by atoms with Gasteiger partial charge >= 0.3 is 11.1 Å². The summed E-state index contributed by atoms with van der Waals surface area (Å²) in [6, 6.07) is 12.1. The SMILES string of the molecule is CCOc1ccc(-n2ccn(CC(=O)NCc3cccc(OC)c3OC)c(=O)c2=O)cc1. The Kier molecular flexibility index (Phi) is 7.33. The van der Waals surface area contributed by atoms with Gasteiger partial charge in [0.25, 0.3) is 0 Å². The summed E-state index contributed by atoms with van der Waals surface area (Å²) in [5.41, 5.74) is -0.301. The van der Waals surface area contributed by atoms with Crippen molar-refractivity contribution in [2.24, 2.45) is 0 Å². The Bertz CT molecular complexity index is 1200. The molecule has 0 saturated carbocycles. The summed E-state index contributed by atoms with van der Waals surface area (Å²) in [6.45, 7) is 2.30. The van der Waals surface area contributed by atoms with E-state index >= 15 is 0 Å². The van der Waals surface area contributed by atoms with Crippen LogP contribution in [-0.4, -0.2) is 35.9 Å². The molecule has 1 amide bonds. The van der Waals surface area contributed by atoms with Crippen LogP contribution < -0.4 is 30.6 Å². The first-order valence-electron chi connectivity index (χ1n) is 10.00. The van der Waals surface area contributed by atoms with E-state index in [0.717, 1.165) is 10.1 Å². The second kappa shape index (κ2) is 10.3. The molecule has 1 N–H and O–H groups in total. The van der Waals surface area contributed by atoms with Crippen molar-refractivity contribution < 1.29 is 19.0 Å². The standard InChI is InChI=1S/C23H25N3O6/c1-4-32-18-10-8-17(9-11-18)26-13-12-25(22(28)23(26)29)15-20(27)24-14-16-6-5-7-19(30-2)21(16)31-3/h5-13H,4,14-15H2,1-3H3,(H,24,27). The minimum Gasteiger partial charge on any atom is -0.494 e. The van der Waals surface area contributed by atoms with Crippen molar-refractivity contribution in [3.8, 4) is 22.9 Å². The molecule has 3 rings (SSSR count). The van der Waals surface area contributed by atoms with E-state index < -0.39 is 17.0 Å². The largest absolute Gasteiger partial charge is 0.494 e. The first-order valence-corrected chi connectivity index (χ1v) is 10.00. The van der Waals surface area contributed by atoms with Gasteiger partial charge in [0.05, 0.1) is 20.8 Å². The van der Waals surface area contributed by atoms with Gasteiger partial charge in [-0.1, -0.05) is 12.1 Å². The Morgan fingerprint density at radius 1 is 0.969 bits per heavy atom. The van der Waals surface area contributed by atoms with E-state index in [1.165, 1.54) is 31.2 Å². The first kappa shape index (κ1) is 22.7. The van der Waals surface area contributed by atoms with Gasteiger partial charge in [0.15, 0.2) is 11.5 Å². The number of hydrogen-bond donors (Lipinski definition) is 1. The molecule has 168 valence electrons. The summed E-state index contributed by atoms with van der Waals surface area (Å²) >= 11 is 0. The van der Waals surface area contributed by atoms with E-state index in [4.69, 9.17) is 14.2 Å². The highest BCUT2D eigenvalue weighted by Crippen LogP contribution is 2.30. The minimum atomic E-state index is -0.796. The van der Waals surface area contributed by atoms with Gasteiger partial charge in [0.2, 0.25) is 5.91 Å². The number of carbonyl (C=O) groups excluding carboxylic acids is 1. The molecule has 0 saturated heterocycles. The first-order chi connectivity index (χ1) is 15.5. The van der Waals surface area contributed by atoms with Crippen LogP contribution in [0.15, 0.2) is 64.4 Å². The molecule has 9 heteroatoms. The number of carbonyl (C=O) groups is 1. The number of benzene rings is 2. The fourth-order valence-corrected chi connectivity index (χ4v) is 3.20. The van der Waals surface area contributed by atoms with Crippen LogP contribution in [0.5, 0.6) is 17.2 Å². The van der Waals surface area contributed by atoms with Crippen molar-refractivity contribution in [3.05, 3.63) is 81.1 Å². The van der Waals surface area contributed by atoms with Crippen molar-refractivity contribution in [1.82, 2.24) is 14.5 Å². The lowest BCUT2D eigenvalue weighted by molar-refractivity contribution is -0.121. The van der Waals surface area contributed by atoms with Gasteiger partial charge < -0.3 is 19.5 Å². The Balaban J connectivity index is 1.72. The number of methoxy groups -OCH3 is 2. The van der Waals surface area contributed by atoms with E-state index in [9.17, 15) is 14.4 Å². The number of hydrogen-bond acceptors (Lipinski definition) is 6. The maximum absolute atomic E-state index is 12.6. The third-order valence-corrected chi connectivity index (χ3v) is 4.76. The molecule has 0 aliphatic carbocycles. The van der Waals surface area contributed by atoms with Crippen LogP contribution in [0.3, 0.4) is 0 Å². The molecule has 0 radical (unpaired) electrons. The predicted molar refractivity (Wildman–Crippen MR) is 119 cm³/mol. The smallest absolute Gasteiger partial charge is 0.320 e. The second-order valence-electron chi connectivity index (χ2n) is 6.76. The number of ether oxygens (including phenoxy) is 3. The molecule has 0 fully saturated rings. The number of para-hydroxylation sites is 1. The van der Waals surface area contributed by atoms with Gasteiger partial charge in [-0.25, -0.2) is 0 Å². The number of aromatic nitrogens is 2. The van der Waals surface area contributed by atoms with E-state index in [0.29, 0.717) is 29.5 Å². The Morgan fingerprint density at radius 3 is 2.38 bits per heavy atom. The molecule has 0 atom stereocenters. The van der Waals surface area contributed by atoms with Gasteiger partial charge in [-0.2, -0.15) is 0 Å². The molecule has 1 heterocycles. The zero-order chi connectivity index (χ0) is 23.1. The average Bonchev–Trinajstić information content (AvgIpc) is 2.81. The molecular weight excluding hydrogens is 414 g/mol. The maximum atomic E-state index is 12.6. The third-order valence-electron chi connectivity index (χ3n) is 4.76. The fraction of sp³-hybridized carbons (Fsp3) is 0.261. The van der Waals surface area contributed by atoms with Crippen LogP contribution >= 0.6 is 0 Å². The molecule has 1 aromatic heterocycles. The monoisotopic (exact) mass is 439 g/mol. The third kappa shape index (κ3) is 5.00. The van der Waals surface area contributed by atoms with Crippen LogP contribution in [0.1, 0.15) is 12.5 Å². The van der Waals surface area contributed by atoms with Gasteiger partial charge in [0.1, 0.15) is 12.3 Å². The molecule has 0 unspecified atom stereocenters. The van der Waals surface area contributed by atoms with Crippen molar-refractivity contribution >= 4 is 5.91 Å². The second-order valence-corrected chi connectivity index (χ2v) is 6.76. The van der Waals surface area contributed by atoms with Crippen LogP contribution in [-0.2, 0) is 17.9 Å². The molecule has 9 nitrogen and oxygen atoms in total. The van der Waals surface area contributed by atoms with E-state index in [1.54, 1.807) is 42.5 Å². The summed E-state index contributed by atoms with van der Waals surface area (Å²) in [7, 11) is 3.05. The number of nitrogens with one attached hydrogen (secondary N) is 1. The van der Waals surface area contributed by atoms with E-state index in [-0.39, 0.29) is 13.1 Å². The van der Waals surface area contributed by atoms with E-state index in [1.807, 2.05) is 6.92 Å². The quantitative estimate of drug-likeness (QED) is 0.510. The lowest BCUT2D eigenvalue weighted by Gasteiger charge is -2.13. The zero-order valence-electron chi connectivity index (χ0n) is 18.2. The number of nitrogens with zero attached hydrogens (tertiary/aromatic N) is 2. The van der Waals surface area contributed by atoms with Crippen molar-refractivity contribution in [2.45, 2.75) is 20.0 Å². The summed E-state index contributed by atoms with van der Waals surface area (Å²) < 4.78 is 18.3. The van der Waals surface area contributed by atoms with Crippen molar-refractivity contribution in [3.63, 3.8) is 0 Å². The van der Waals surface area contributed by atoms with Gasteiger partial charge in [-0.05, 0) is 37.3 Å².